The Balaban J connectivity index is 2.46. The lowest BCUT2D eigenvalue weighted by molar-refractivity contribution is 0.139. The van der Waals surface area contributed by atoms with Gasteiger partial charge in [0.15, 0.2) is 0 Å². The lowest BCUT2D eigenvalue weighted by Crippen LogP contribution is -2.32. The van der Waals surface area contributed by atoms with Crippen molar-refractivity contribution in [1.82, 2.24) is 15.1 Å². The van der Waals surface area contributed by atoms with Gasteiger partial charge < -0.3 is 15.2 Å². The van der Waals surface area contributed by atoms with Gasteiger partial charge in [0, 0.05) is 25.9 Å². The van der Waals surface area contributed by atoms with E-state index in [1.165, 1.54) is 5.56 Å². The van der Waals surface area contributed by atoms with Crippen molar-refractivity contribution in [2.45, 2.75) is 39.8 Å². The van der Waals surface area contributed by atoms with Crippen LogP contribution in [0.3, 0.4) is 0 Å². The summed E-state index contributed by atoms with van der Waals surface area (Å²) < 4.78 is 6.83. The maximum atomic E-state index is 9.94. The van der Waals surface area contributed by atoms with Crippen molar-refractivity contribution in [3.8, 4) is 0 Å². The first kappa shape index (κ1) is 15.1. The van der Waals surface area contributed by atoms with Crippen LogP contribution in [0, 0.1) is 13.8 Å². The summed E-state index contributed by atoms with van der Waals surface area (Å²) in [5, 5.41) is 17.5. The molecular formula is C13H25N3O2. The average Bonchev–Trinajstić information content (AvgIpc) is 2.60. The molecule has 1 aromatic heterocycles. The Morgan fingerprint density at radius 1 is 1.44 bits per heavy atom. The van der Waals surface area contributed by atoms with Crippen molar-refractivity contribution in [1.29, 1.82) is 0 Å². The van der Waals surface area contributed by atoms with E-state index in [1.54, 1.807) is 7.11 Å². The third kappa shape index (κ3) is 4.08. The Kier molecular flexibility index (Phi) is 6.32. The fourth-order valence-corrected chi connectivity index (χ4v) is 2.13. The molecule has 0 amide bonds. The Morgan fingerprint density at radius 3 is 2.72 bits per heavy atom. The summed E-state index contributed by atoms with van der Waals surface area (Å²) in [7, 11) is 1.67. The predicted molar refractivity (Wildman–Crippen MR) is 71.8 cm³/mol. The van der Waals surface area contributed by atoms with Crippen LogP contribution in [0.4, 0.5) is 0 Å². The molecule has 0 bridgehead atoms. The zero-order valence-corrected chi connectivity index (χ0v) is 11.9. The van der Waals surface area contributed by atoms with Gasteiger partial charge in [-0.2, -0.15) is 5.10 Å². The molecule has 2 N–H and O–H groups in total. The Labute approximate surface area is 109 Å². The number of rotatable bonds is 8. The highest BCUT2D eigenvalue weighted by Crippen LogP contribution is 2.13. The van der Waals surface area contributed by atoms with Gasteiger partial charge in [0.05, 0.1) is 24.9 Å². The molecule has 0 aliphatic rings. The lowest BCUT2D eigenvalue weighted by atomic mass is 10.1. The van der Waals surface area contributed by atoms with Crippen LogP contribution in [-0.4, -0.2) is 47.8 Å². The summed E-state index contributed by atoms with van der Waals surface area (Å²) in [5.74, 6) is 0. The normalized spacial score (nSPS) is 12.9. The molecular weight excluding hydrogens is 230 g/mol. The van der Waals surface area contributed by atoms with Gasteiger partial charge in [0.2, 0.25) is 0 Å². The van der Waals surface area contributed by atoms with Crippen LogP contribution in [0.15, 0.2) is 0 Å². The molecule has 0 aliphatic heterocycles. The lowest BCUT2D eigenvalue weighted by Gasteiger charge is -2.13. The second-order valence-electron chi connectivity index (χ2n) is 4.54. The number of aromatic nitrogens is 2. The van der Waals surface area contributed by atoms with Gasteiger partial charge in [-0.3, -0.25) is 4.68 Å². The highest BCUT2D eigenvalue weighted by molar-refractivity contribution is 5.24. The molecule has 5 nitrogen and oxygen atoms in total. The third-order valence-electron chi connectivity index (χ3n) is 3.13. The molecule has 0 aromatic carbocycles. The minimum absolute atomic E-state index is 0.426. The molecule has 1 unspecified atom stereocenters. The summed E-state index contributed by atoms with van der Waals surface area (Å²) in [6.07, 6.45) is 0.560. The SMILES string of the molecule is CCc1c(C)nn(CC(O)CNCCOC)c1C. The van der Waals surface area contributed by atoms with Gasteiger partial charge in [-0.25, -0.2) is 0 Å². The number of nitrogens with zero attached hydrogens (tertiary/aromatic N) is 2. The quantitative estimate of drug-likeness (QED) is 0.670. The fraction of sp³-hybridized carbons (Fsp3) is 0.769. The second kappa shape index (κ2) is 7.51. The van der Waals surface area contributed by atoms with Crippen LogP contribution in [0.5, 0.6) is 0 Å². The van der Waals surface area contributed by atoms with Crippen molar-refractivity contribution in [3.63, 3.8) is 0 Å². The van der Waals surface area contributed by atoms with Crippen molar-refractivity contribution in [3.05, 3.63) is 17.0 Å². The van der Waals surface area contributed by atoms with E-state index in [9.17, 15) is 5.11 Å². The predicted octanol–water partition coefficient (Wildman–Crippen LogP) is 0.659. The first-order valence-electron chi connectivity index (χ1n) is 6.50. The van der Waals surface area contributed by atoms with E-state index in [0.29, 0.717) is 19.7 Å². The Morgan fingerprint density at radius 2 is 2.17 bits per heavy atom. The summed E-state index contributed by atoms with van der Waals surface area (Å²) in [4.78, 5) is 0. The highest BCUT2D eigenvalue weighted by atomic mass is 16.5. The first-order chi connectivity index (χ1) is 8.60. The van der Waals surface area contributed by atoms with E-state index in [1.807, 2.05) is 11.6 Å². The Hall–Kier alpha value is -0.910. The van der Waals surface area contributed by atoms with Gasteiger partial charge in [-0.1, -0.05) is 6.92 Å². The first-order valence-corrected chi connectivity index (χ1v) is 6.50. The van der Waals surface area contributed by atoms with Crippen molar-refractivity contribution < 1.29 is 9.84 Å². The molecule has 104 valence electrons. The minimum atomic E-state index is -0.426. The average molecular weight is 255 g/mol. The van der Waals surface area contributed by atoms with Crippen LogP contribution in [0.1, 0.15) is 23.9 Å². The van der Waals surface area contributed by atoms with Crippen LogP contribution < -0.4 is 5.32 Å². The van der Waals surface area contributed by atoms with Crippen LogP contribution in [0.2, 0.25) is 0 Å². The number of methoxy groups -OCH3 is 1. The van der Waals surface area contributed by atoms with Crippen LogP contribution in [-0.2, 0) is 17.7 Å². The minimum Gasteiger partial charge on any atom is -0.390 e. The number of nitrogens with one attached hydrogen (secondary N) is 1. The van der Waals surface area contributed by atoms with Gasteiger partial charge in [0.1, 0.15) is 0 Å². The van der Waals surface area contributed by atoms with E-state index in [-0.39, 0.29) is 0 Å². The smallest absolute Gasteiger partial charge is 0.0860 e. The van der Waals surface area contributed by atoms with Gasteiger partial charge in [0.25, 0.3) is 0 Å². The molecule has 0 aliphatic carbocycles. The number of aliphatic hydroxyl groups excluding tert-OH is 1. The molecule has 0 saturated carbocycles. The zero-order chi connectivity index (χ0) is 13.5. The highest BCUT2D eigenvalue weighted by Gasteiger charge is 2.12. The maximum absolute atomic E-state index is 9.94. The number of ether oxygens (including phenoxy) is 1. The van der Waals surface area contributed by atoms with Gasteiger partial charge >= 0.3 is 0 Å². The standard InChI is InChI=1S/C13H25N3O2/c1-5-13-10(2)15-16(11(13)3)9-12(17)8-14-6-7-18-4/h12,14,17H,5-9H2,1-4H3. The molecule has 5 heteroatoms. The molecule has 1 aromatic rings. The molecule has 0 fully saturated rings. The van der Waals surface area contributed by atoms with Crippen molar-refractivity contribution in [2.75, 3.05) is 26.8 Å². The molecule has 0 saturated heterocycles. The summed E-state index contributed by atoms with van der Waals surface area (Å²) in [6, 6.07) is 0. The monoisotopic (exact) mass is 255 g/mol. The fourth-order valence-electron chi connectivity index (χ4n) is 2.13. The van der Waals surface area contributed by atoms with E-state index >= 15 is 0 Å². The molecule has 1 rings (SSSR count). The van der Waals surface area contributed by atoms with Gasteiger partial charge in [-0.15, -0.1) is 0 Å². The van der Waals surface area contributed by atoms with E-state index in [2.05, 4.69) is 24.3 Å². The molecule has 1 heterocycles. The third-order valence-corrected chi connectivity index (χ3v) is 3.13. The molecule has 18 heavy (non-hydrogen) atoms. The number of hydrogen-bond acceptors (Lipinski definition) is 4. The number of aryl methyl sites for hydroxylation is 1. The molecule has 1 atom stereocenters. The maximum Gasteiger partial charge on any atom is 0.0860 e. The topological polar surface area (TPSA) is 59.3 Å². The van der Waals surface area contributed by atoms with Crippen molar-refractivity contribution in [2.24, 2.45) is 0 Å². The van der Waals surface area contributed by atoms with E-state index < -0.39 is 6.10 Å². The second-order valence-corrected chi connectivity index (χ2v) is 4.54. The van der Waals surface area contributed by atoms with Gasteiger partial charge in [-0.05, 0) is 25.8 Å². The summed E-state index contributed by atoms with van der Waals surface area (Å²) >= 11 is 0. The summed E-state index contributed by atoms with van der Waals surface area (Å²) in [6.45, 7) is 8.72. The molecule has 0 radical (unpaired) electrons. The number of hydrogen-bond donors (Lipinski definition) is 2. The van der Waals surface area contributed by atoms with Crippen LogP contribution in [0.25, 0.3) is 0 Å². The summed E-state index contributed by atoms with van der Waals surface area (Å²) in [5.41, 5.74) is 3.51. The van der Waals surface area contributed by atoms with E-state index in [0.717, 1.165) is 24.4 Å². The van der Waals surface area contributed by atoms with E-state index in [4.69, 9.17) is 4.74 Å². The Bertz CT molecular complexity index is 363. The van der Waals surface area contributed by atoms with Crippen molar-refractivity contribution >= 4 is 0 Å². The largest absolute Gasteiger partial charge is 0.390 e. The van der Waals surface area contributed by atoms with Crippen LogP contribution >= 0.6 is 0 Å². The number of aliphatic hydroxyl groups is 1. The molecule has 0 spiro atoms. The zero-order valence-electron chi connectivity index (χ0n) is 11.9.